The van der Waals surface area contributed by atoms with Crippen LogP contribution in [0.1, 0.15) is 54.7 Å². The largest absolute Gasteiger partial charge is 0.446 e. The zero-order valence-corrected chi connectivity index (χ0v) is 12.4. The summed E-state index contributed by atoms with van der Waals surface area (Å²) in [6.07, 6.45) is 4.03. The Morgan fingerprint density at radius 3 is 2.67 bits per heavy atom. The molecular formula is C16H21N3O2. The summed E-state index contributed by atoms with van der Waals surface area (Å²) in [4.78, 5) is 16.2. The molecule has 0 saturated carbocycles. The molecule has 1 heterocycles. The predicted octanol–water partition coefficient (Wildman–Crippen LogP) is 3.29. The Bertz CT molecular complexity index is 590. The summed E-state index contributed by atoms with van der Waals surface area (Å²) in [6, 6.07) is 7.46. The minimum atomic E-state index is -0.294. The van der Waals surface area contributed by atoms with Gasteiger partial charge in [-0.15, -0.1) is 0 Å². The van der Waals surface area contributed by atoms with Crippen molar-refractivity contribution in [3.05, 3.63) is 47.7 Å². The van der Waals surface area contributed by atoms with Crippen molar-refractivity contribution >= 4 is 11.6 Å². The maximum atomic E-state index is 12.1. The van der Waals surface area contributed by atoms with Crippen LogP contribution in [0.4, 0.5) is 5.69 Å². The average Bonchev–Trinajstić information content (AvgIpc) is 2.98. The van der Waals surface area contributed by atoms with Gasteiger partial charge in [0.05, 0.1) is 6.04 Å². The molecule has 0 bridgehead atoms. The summed E-state index contributed by atoms with van der Waals surface area (Å²) in [5.74, 6) is 0.112. The number of amides is 1. The monoisotopic (exact) mass is 287 g/mol. The van der Waals surface area contributed by atoms with Gasteiger partial charge in [0.1, 0.15) is 6.26 Å². The predicted molar refractivity (Wildman–Crippen MR) is 82.1 cm³/mol. The van der Waals surface area contributed by atoms with E-state index in [-0.39, 0.29) is 17.6 Å². The number of nitrogens with two attached hydrogens (primary N) is 1. The molecule has 2 rings (SSSR count). The highest BCUT2D eigenvalue weighted by Gasteiger charge is 2.16. The number of rotatable bonds is 6. The Morgan fingerprint density at radius 1 is 1.33 bits per heavy atom. The van der Waals surface area contributed by atoms with E-state index in [1.807, 2.05) is 31.2 Å². The molecule has 5 heteroatoms. The van der Waals surface area contributed by atoms with Crippen LogP contribution in [0.5, 0.6) is 0 Å². The zero-order valence-electron chi connectivity index (χ0n) is 12.4. The molecule has 1 amide bonds. The lowest BCUT2D eigenvalue weighted by Gasteiger charge is -2.04. The fourth-order valence-corrected chi connectivity index (χ4v) is 2.02. The quantitative estimate of drug-likeness (QED) is 0.854. The third kappa shape index (κ3) is 3.92. The van der Waals surface area contributed by atoms with E-state index in [1.54, 1.807) is 0 Å². The molecule has 0 fully saturated rings. The molecule has 0 spiro atoms. The van der Waals surface area contributed by atoms with Crippen molar-refractivity contribution in [1.29, 1.82) is 0 Å². The highest BCUT2D eigenvalue weighted by atomic mass is 16.3. The number of nitrogens with one attached hydrogen (secondary N) is 1. The van der Waals surface area contributed by atoms with Gasteiger partial charge in [-0.1, -0.05) is 32.4 Å². The van der Waals surface area contributed by atoms with Crippen molar-refractivity contribution in [3.8, 4) is 0 Å². The Labute approximate surface area is 124 Å². The van der Waals surface area contributed by atoms with E-state index < -0.39 is 0 Å². The molecule has 1 aromatic heterocycles. The number of anilines is 1. The Morgan fingerprint density at radius 2 is 2.05 bits per heavy atom. The van der Waals surface area contributed by atoms with Crippen LogP contribution < -0.4 is 11.1 Å². The van der Waals surface area contributed by atoms with Crippen LogP contribution in [0.25, 0.3) is 0 Å². The number of aryl methyl sites for hydroxylation is 1. The van der Waals surface area contributed by atoms with Crippen molar-refractivity contribution in [3.63, 3.8) is 0 Å². The summed E-state index contributed by atoms with van der Waals surface area (Å²) < 4.78 is 5.28. The Balaban J connectivity index is 2.02. The fourth-order valence-electron chi connectivity index (χ4n) is 2.02. The highest BCUT2D eigenvalue weighted by Crippen LogP contribution is 2.16. The zero-order chi connectivity index (χ0) is 15.2. The molecule has 1 atom stereocenters. The van der Waals surface area contributed by atoms with Crippen LogP contribution in [0, 0.1) is 0 Å². The number of hydrogen-bond donors (Lipinski definition) is 2. The second-order valence-electron chi connectivity index (χ2n) is 4.97. The Kier molecular flexibility index (Phi) is 5.11. The number of benzene rings is 1. The van der Waals surface area contributed by atoms with E-state index in [0.717, 1.165) is 24.9 Å². The van der Waals surface area contributed by atoms with Gasteiger partial charge in [0.15, 0.2) is 5.69 Å². The molecular weight excluding hydrogens is 266 g/mol. The summed E-state index contributed by atoms with van der Waals surface area (Å²) >= 11 is 0. The van der Waals surface area contributed by atoms with Gasteiger partial charge in [-0.25, -0.2) is 4.98 Å². The van der Waals surface area contributed by atoms with Crippen LogP contribution in [0.15, 0.2) is 34.9 Å². The number of oxazole rings is 1. The normalized spacial score (nSPS) is 12.1. The van der Waals surface area contributed by atoms with Crippen LogP contribution in [-0.2, 0) is 6.42 Å². The van der Waals surface area contributed by atoms with E-state index in [9.17, 15) is 4.79 Å². The Hall–Kier alpha value is -2.14. The average molecular weight is 287 g/mol. The van der Waals surface area contributed by atoms with Gasteiger partial charge in [0.2, 0.25) is 5.89 Å². The molecule has 3 N–H and O–H groups in total. The first-order valence-corrected chi connectivity index (χ1v) is 7.25. The summed E-state index contributed by atoms with van der Waals surface area (Å²) in [5.41, 5.74) is 8.12. The molecule has 0 aliphatic carbocycles. The molecule has 5 nitrogen and oxygen atoms in total. The molecule has 1 unspecified atom stereocenters. The maximum Gasteiger partial charge on any atom is 0.277 e. The van der Waals surface area contributed by atoms with Crippen molar-refractivity contribution in [2.75, 3.05) is 5.32 Å². The molecule has 0 radical (unpaired) electrons. The van der Waals surface area contributed by atoms with E-state index in [0.29, 0.717) is 5.89 Å². The lowest BCUT2D eigenvalue weighted by molar-refractivity contribution is 0.102. The van der Waals surface area contributed by atoms with Crippen molar-refractivity contribution in [1.82, 2.24) is 4.98 Å². The summed E-state index contributed by atoms with van der Waals surface area (Å²) in [7, 11) is 0. The minimum Gasteiger partial charge on any atom is -0.446 e. The van der Waals surface area contributed by atoms with Gasteiger partial charge in [-0.05, 0) is 30.5 Å². The first kappa shape index (κ1) is 15.3. The van der Waals surface area contributed by atoms with Crippen LogP contribution in [-0.4, -0.2) is 10.9 Å². The third-order valence-electron chi connectivity index (χ3n) is 3.29. The van der Waals surface area contributed by atoms with Crippen LogP contribution in [0.3, 0.4) is 0 Å². The SMILES string of the molecule is CCCC(N)c1nc(C(=O)Nc2ccc(CC)cc2)co1. The van der Waals surface area contributed by atoms with Gasteiger partial charge >= 0.3 is 0 Å². The highest BCUT2D eigenvalue weighted by molar-refractivity contribution is 6.02. The van der Waals surface area contributed by atoms with Gasteiger partial charge in [-0.2, -0.15) is 0 Å². The second kappa shape index (κ2) is 7.04. The molecule has 0 aliphatic heterocycles. The van der Waals surface area contributed by atoms with Crippen molar-refractivity contribution in [2.45, 2.75) is 39.2 Å². The number of carbonyl (C=O) groups is 1. The number of carbonyl (C=O) groups excluding carboxylic acids is 1. The van der Waals surface area contributed by atoms with Gasteiger partial charge in [0, 0.05) is 5.69 Å². The standard InChI is InChI=1S/C16H21N3O2/c1-3-5-13(17)16-19-14(10-21-16)15(20)18-12-8-6-11(4-2)7-9-12/h6-10,13H,3-5,17H2,1-2H3,(H,18,20). The number of hydrogen-bond acceptors (Lipinski definition) is 4. The molecule has 112 valence electrons. The minimum absolute atomic E-state index is 0.246. The second-order valence-corrected chi connectivity index (χ2v) is 4.97. The molecule has 1 aromatic carbocycles. The molecule has 0 saturated heterocycles. The van der Waals surface area contributed by atoms with Gasteiger partial charge in [0.25, 0.3) is 5.91 Å². The van der Waals surface area contributed by atoms with Crippen molar-refractivity contribution < 1.29 is 9.21 Å². The van der Waals surface area contributed by atoms with Crippen LogP contribution >= 0.6 is 0 Å². The summed E-state index contributed by atoms with van der Waals surface area (Å²) in [5, 5.41) is 2.79. The number of nitrogens with zero attached hydrogens (tertiary/aromatic N) is 1. The maximum absolute atomic E-state index is 12.1. The van der Waals surface area contributed by atoms with E-state index in [2.05, 4.69) is 17.2 Å². The molecule has 2 aromatic rings. The molecule has 21 heavy (non-hydrogen) atoms. The van der Waals surface area contributed by atoms with Gasteiger partial charge in [-0.3, -0.25) is 4.79 Å². The lowest BCUT2D eigenvalue weighted by atomic mass is 10.1. The van der Waals surface area contributed by atoms with E-state index in [1.165, 1.54) is 11.8 Å². The lowest BCUT2D eigenvalue weighted by Crippen LogP contribution is -2.14. The first-order chi connectivity index (χ1) is 10.1. The number of aromatic nitrogens is 1. The van der Waals surface area contributed by atoms with Gasteiger partial charge < -0.3 is 15.5 Å². The summed E-state index contributed by atoms with van der Waals surface area (Å²) in [6.45, 7) is 4.13. The topological polar surface area (TPSA) is 81.1 Å². The smallest absolute Gasteiger partial charge is 0.277 e. The van der Waals surface area contributed by atoms with Crippen LogP contribution in [0.2, 0.25) is 0 Å². The first-order valence-electron chi connectivity index (χ1n) is 7.25. The third-order valence-corrected chi connectivity index (χ3v) is 3.29. The molecule has 0 aliphatic rings. The fraction of sp³-hybridized carbons (Fsp3) is 0.375. The van der Waals surface area contributed by atoms with E-state index >= 15 is 0 Å². The van der Waals surface area contributed by atoms with E-state index in [4.69, 9.17) is 10.2 Å². The van der Waals surface area contributed by atoms with Crippen molar-refractivity contribution in [2.24, 2.45) is 5.73 Å².